The Morgan fingerprint density at radius 2 is 1.76 bits per heavy atom. The van der Waals surface area contributed by atoms with Crippen LogP contribution in [0, 0.1) is 18.7 Å². The molecule has 1 heteroatoms. The second kappa shape index (κ2) is 6.78. The van der Waals surface area contributed by atoms with Crippen molar-refractivity contribution in [1.82, 2.24) is 0 Å². The van der Waals surface area contributed by atoms with Gasteiger partial charge in [0.25, 0.3) is 0 Å². The first-order chi connectivity index (χ1) is 8.02. The van der Waals surface area contributed by atoms with Gasteiger partial charge in [-0.25, -0.2) is 4.39 Å². The Labute approximate surface area is 105 Å². The smallest absolute Gasteiger partial charge is 0.123 e. The average molecular weight is 236 g/mol. The van der Waals surface area contributed by atoms with Crippen molar-refractivity contribution in [1.29, 1.82) is 0 Å². The fourth-order valence-corrected chi connectivity index (χ4v) is 2.39. The highest BCUT2D eigenvalue weighted by Crippen LogP contribution is 2.25. The standard InChI is InChI=1S/C16H25F/c1-5-6-12(2)7-8-14(4)15-9-13(3)10-16(17)11-15/h9-12,14H,5-8H2,1-4H3. The normalized spacial score (nSPS) is 14.6. The summed E-state index contributed by atoms with van der Waals surface area (Å²) in [6, 6.07) is 5.39. The summed E-state index contributed by atoms with van der Waals surface area (Å²) >= 11 is 0. The summed E-state index contributed by atoms with van der Waals surface area (Å²) < 4.78 is 13.3. The van der Waals surface area contributed by atoms with E-state index < -0.39 is 0 Å². The van der Waals surface area contributed by atoms with E-state index in [1.54, 1.807) is 12.1 Å². The fourth-order valence-electron chi connectivity index (χ4n) is 2.39. The van der Waals surface area contributed by atoms with Crippen LogP contribution in [0.3, 0.4) is 0 Å². The largest absolute Gasteiger partial charge is 0.207 e. The van der Waals surface area contributed by atoms with E-state index in [1.165, 1.54) is 19.3 Å². The first-order valence-corrected chi connectivity index (χ1v) is 6.80. The number of benzene rings is 1. The van der Waals surface area contributed by atoms with Gasteiger partial charge in [-0.15, -0.1) is 0 Å². The van der Waals surface area contributed by atoms with Gasteiger partial charge in [0.15, 0.2) is 0 Å². The lowest BCUT2D eigenvalue weighted by atomic mass is 9.90. The number of halogens is 1. The van der Waals surface area contributed by atoms with Crippen LogP contribution in [0.1, 0.15) is 63.5 Å². The van der Waals surface area contributed by atoms with E-state index in [2.05, 4.69) is 26.8 Å². The molecule has 1 aromatic rings. The Morgan fingerprint density at radius 1 is 1.06 bits per heavy atom. The first-order valence-electron chi connectivity index (χ1n) is 6.80. The third kappa shape index (κ3) is 4.89. The molecule has 2 unspecified atom stereocenters. The third-order valence-electron chi connectivity index (χ3n) is 3.51. The highest BCUT2D eigenvalue weighted by molar-refractivity contribution is 5.26. The van der Waals surface area contributed by atoms with Crippen molar-refractivity contribution < 1.29 is 4.39 Å². The van der Waals surface area contributed by atoms with Crippen LogP contribution in [0.4, 0.5) is 4.39 Å². The molecule has 1 aromatic carbocycles. The molecule has 0 amide bonds. The number of rotatable bonds is 6. The zero-order valence-corrected chi connectivity index (χ0v) is 11.6. The molecule has 2 atom stereocenters. The average Bonchev–Trinajstić information content (AvgIpc) is 2.25. The van der Waals surface area contributed by atoms with Crippen molar-refractivity contribution in [3.63, 3.8) is 0 Å². The Morgan fingerprint density at radius 3 is 2.35 bits per heavy atom. The van der Waals surface area contributed by atoms with E-state index in [0.717, 1.165) is 23.5 Å². The lowest BCUT2D eigenvalue weighted by molar-refractivity contribution is 0.448. The summed E-state index contributed by atoms with van der Waals surface area (Å²) in [6.07, 6.45) is 4.96. The van der Waals surface area contributed by atoms with Gasteiger partial charge in [-0.1, -0.05) is 46.1 Å². The minimum Gasteiger partial charge on any atom is -0.207 e. The van der Waals surface area contributed by atoms with Gasteiger partial charge >= 0.3 is 0 Å². The molecular formula is C16H25F. The molecule has 0 radical (unpaired) electrons. The monoisotopic (exact) mass is 236 g/mol. The number of aryl methyl sites for hydroxylation is 1. The van der Waals surface area contributed by atoms with Crippen molar-refractivity contribution in [3.8, 4) is 0 Å². The molecule has 0 saturated carbocycles. The van der Waals surface area contributed by atoms with Crippen LogP contribution < -0.4 is 0 Å². The molecule has 0 aliphatic rings. The van der Waals surface area contributed by atoms with Crippen molar-refractivity contribution in [3.05, 3.63) is 35.1 Å². The SMILES string of the molecule is CCCC(C)CCC(C)c1cc(C)cc(F)c1. The molecule has 17 heavy (non-hydrogen) atoms. The predicted molar refractivity (Wildman–Crippen MR) is 72.9 cm³/mol. The Hall–Kier alpha value is -0.850. The zero-order valence-electron chi connectivity index (χ0n) is 11.6. The molecule has 0 N–H and O–H groups in total. The van der Waals surface area contributed by atoms with E-state index in [9.17, 15) is 4.39 Å². The topological polar surface area (TPSA) is 0 Å². The van der Waals surface area contributed by atoms with Crippen molar-refractivity contribution in [2.24, 2.45) is 5.92 Å². The fraction of sp³-hybridized carbons (Fsp3) is 0.625. The molecule has 0 bridgehead atoms. The summed E-state index contributed by atoms with van der Waals surface area (Å²) in [6.45, 7) is 8.70. The molecule has 0 heterocycles. The molecule has 0 aliphatic carbocycles. The summed E-state index contributed by atoms with van der Waals surface area (Å²) in [5.41, 5.74) is 2.17. The Kier molecular flexibility index (Phi) is 5.67. The lowest BCUT2D eigenvalue weighted by Crippen LogP contribution is -2.00. The third-order valence-corrected chi connectivity index (χ3v) is 3.51. The summed E-state index contributed by atoms with van der Waals surface area (Å²) in [7, 11) is 0. The second-order valence-electron chi connectivity index (χ2n) is 5.43. The van der Waals surface area contributed by atoms with E-state index in [1.807, 2.05) is 6.92 Å². The van der Waals surface area contributed by atoms with Gasteiger partial charge < -0.3 is 0 Å². The maximum atomic E-state index is 13.3. The van der Waals surface area contributed by atoms with Crippen molar-refractivity contribution in [2.45, 2.75) is 59.3 Å². The van der Waals surface area contributed by atoms with Crippen LogP contribution in [-0.2, 0) is 0 Å². The molecule has 0 nitrogen and oxygen atoms in total. The predicted octanol–water partition coefficient (Wildman–Crippen LogP) is 5.45. The van der Waals surface area contributed by atoms with Gasteiger partial charge in [-0.2, -0.15) is 0 Å². The zero-order chi connectivity index (χ0) is 12.8. The van der Waals surface area contributed by atoms with Crippen LogP contribution in [-0.4, -0.2) is 0 Å². The Balaban J connectivity index is 2.54. The highest BCUT2D eigenvalue weighted by Gasteiger charge is 2.09. The first kappa shape index (κ1) is 14.2. The molecule has 0 aromatic heterocycles. The maximum absolute atomic E-state index is 13.3. The second-order valence-corrected chi connectivity index (χ2v) is 5.43. The van der Waals surface area contributed by atoms with Crippen LogP contribution >= 0.6 is 0 Å². The number of hydrogen-bond acceptors (Lipinski definition) is 0. The van der Waals surface area contributed by atoms with Gasteiger partial charge in [0.05, 0.1) is 0 Å². The van der Waals surface area contributed by atoms with Gasteiger partial charge in [-0.05, 0) is 48.4 Å². The van der Waals surface area contributed by atoms with Gasteiger partial charge in [0.2, 0.25) is 0 Å². The van der Waals surface area contributed by atoms with Crippen molar-refractivity contribution in [2.75, 3.05) is 0 Å². The molecule has 0 spiro atoms. The quantitative estimate of drug-likeness (QED) is 0.615. The van der Waals surface area contributed by atoms with Crippen molar-refractivity contribution >= 4 is 0 Å². The minimum absolute atomic E-state index is 0.103. The molecular weight excluding hydrogens is 211 g/mol. The summed E-state index contributed by atoms with van der Waals surface area (Å²) in [4.78, 5) is 0. The van der Waals surface area contributed by atoms with E-state index in [-0.39, 0.29) is 5.82 Å². The molecule has 0 aliphatic heterocycles. The lowest BCUT2D eigenvalue weighted by Gasteiger charge is -2.16. The highest BCUT2D eigenvalue weighted by atomic mass is 19.1. The van der Waals surface area contributed by atoms with Gasteiger partial charge in [-0.3, -0.25) is 0 Å². The molecule has 0 fully saturated rings. The Bertz CT molecular complexity index is 323. The van der Waals surface area contributed by atoms with E-state index >= 15 is 0 Å². The maximum Gasteiger partial charge on any atom is 0.123 e. The van der Waals surface area contributed by atoms with E-state index in [0.29, 0.717) is 5.92 Å². The minimum atomic E-state index is -0.103. The van der Waals surface area contributed by atoms with Crippen LogP contribution in [0.5, 0.6) is 0 Å². The number of hydrogen-bond donors (Lipinski definition) is 0. The van der Waals surface area contributed by atoms with Crippen LogP contribution in [0.2, 0.25) is 0 Å². The van der Waals surface area contributed by atoms with Crippen LogP contribution in [0.25, 0.3) is 0 Å². The molecule has 0 saturated heterocycles. The summed E-state index contributed by atoms with van der Waals surface area (Å²) in [5, 5.41) is 0. The molecule has 96 valence electrons. The summed E-state index contributed by atoms with van der Waals surface area (Å²) in [5.74, 6) is 1.15. The van der Waals surface area contributed by atoms with Gasteiger partial charge in [0, 0.05) is 0 Å². The van der Waals surface area contributed by atoms with E-state index in [4.69, 9.17) is 0 Å². The van der Waals surface area contributed by atoms with Crippen LogP contribution in [0.15, 0.2) is 18.2 Å². The van der Waals surface area contributed by atoms with Gasteiger partial charge in [0.1, 0.15) is 5.82 Å². The molecule has 1 rings (SSSR count).